The number of hydrogen-bond acceptors (Lipinski definition) is 0. The summed E-state index contributed by atoms with van der Waals surface area (Å²) in [4.78, 5) is 0. The Labute approximate surface area is 120 Å². The maximum absolute atomic E-state index is 0. The Kier molecular flexibility index (Phi) is 98.6. The Morgan fingerprint density at radius 1 is 1.00 bits per heavy atom. The SMILES string of the molecule is F.[Ce].[KH].[Zr]. The Morgan fingerprint density at radius 3 is 1.00 bits per heavy atom. The van der Waals surface area contributed by atoms with Crippen molar-refractivity contribution < 1.29 is 72.7 Å². The van der Waals surface area contributed by atoms with Crippen LogP contribution >= 0.6 is 0 Å². The molecule has 0 aliphatic rings. The normalized spacial score (nSPS) is 0. The first kappa shape index (κ1) is 24.9. The van der Waals surface area contributed by atoms with Crippen LogP contribution in [0.15, 0.2) is 0 Å². The van der Waals surface area contributed by atoms with Crippen LogP contribution < -0.4 is 0 Å². The van der Waals surface area contributed by atoms with Crippen molar-refractivity contribution in [3.05, 3.63) is 0 Å². The minimum atomic E-state index is 0. The third-order valence-electron chi connectivity index (χ3n) is 0. The van der Waals surface area contributed by atoms with Gasteiger partial charge >= 0.3 is 51.4 Å². The molecule has 0 bridgehead atoms. The third kappa shape index (κ3) is 9.27. The van der Waals surface area contributed by atoms with Crippen LogP contribution in [0.25, 0.3) is 0 Å². The second-order valence-electron chi connectivity index (χ2n) is 0. The van der Waals surface area contributed by atoms with Gasteiger partial charge in [0.15, 0.2) is 0 Å². The van der Waals surface area contributed by atoms with Gasteiger partial charge in [0.05, 0.1) is 0 Å². The van der Waals surface area contributed by atoms with Crippen molar-refractivity contribution in [2.24, 2.45) is 0 Å². The molecule has 0 aromatic rings. The molecule has 0 aliphatic heterocycles. The van der Waals surface area contributed by atoms with E-state index in [-0.39, 0.29) is 124 Å². The average Bonchev–Trinajstić information content (AvgIpc) is 0. The minimum absolute atomic E-state index is 0. The molecule has 0 unspecified atom stereocenters. The second kappa shape index (κ2) is 15.8. The van der Waals surface area contributed by atoms with Gasteiger partial charge in [0, 0.05) is 68.0 Å². The minimum Gasteiger partial charge on any atom is 0 e. The van der Waals surface area contributed by atoms with E-state index in [4.69, 9.17) is 0 Å². The van der Waals surface area contributed by atoms with Gasteiger partial charge in [-0.2, -0.15) is 0 Å². The number of halogens is 1. The molecule has 0 saturated carbocycles. The van der Waals surface area contributed by atoms with Crippen LogP contribution in [-0.4, -0.2) is 51.4 Å². The van der Waals surface area contributed by atoms with Crippen molar-refractivity contribution in [2.45, 2.75) is 0 Å². The van der Waals surface area contributed by atoms with Crippen molar-refractivity contribution in [3.8, 4) is 0 Å². The van der Waals surface area contributed by atoms with Crippen LogP contribution in [0.1, 0.15) is 0 Å². The molecule has 4 heteroatoms. The molecular formula is H2CeFKZr. The molecule has 0 aromatic heterocycles. The van der Waals surface area contributed by atoms with Gasteiger partial charge in [0.25, 0.3) is 0 Å². The topological polar surface area (TPSA) is 0 Å². The van der Waals surface area contributed by atoms with Gasteiger partial charge in [-0.15, -0.1) is 0 Å². The summed E-state index contributed by atoms with van der Waals surface area (Å²) < 4.78 is 0. The quantitative estimate of drug-likeness (QED) is 0.528. The zero-order valence-corrected chi connectivity index (χ0v) is 7.01. The average molecular weight is 291 g/mol. The van der Waals surface area contributed by atoms with Crippen LogP contribution in [0.3, 0.4) is 0 Å². The fraction of sp³-hybridized carbons (Fsp3) is 0. The van der Waals surface area contributed by atoms with E-state index in [1.807, 2.05) is 0 Å². The summed E-state index contributed by atoms with van der Waals surface area (Å²) in [6.45, 7) is 0. The van der Waals surface area contributed by atoms with E-state index in [9.17, 15) is 0 Å². The monoisotopic (exact) mass is 290 g/mol. The molecule has 4 heavy (non-hydrogen) atoms. The van der Waals surface area contributed by atoms with E-state index in [0.717, 1.165) is 0 Å². The van der Waals surface area contributed by atoms with Crippen molar-refractivity contribution in [1.29, 1.82) is 0 Å². The zero-order chi connectivity index (χ0) is 0. The molecule has 0 nitrogen and oxygen atoms in total. The molecular weight excluding hydrogens is 289 g/mol. The van der Waals surface area contributed by atoms with Crippen LogP contribution in [0.5, 0.6) is 0 Å². The van der Waals surface area contributed by atoms with Crippen LogP contribution in [0, 0.1) is 41.7 Å². The summed E-state index contributed by atoms with van der Waals surface area (Å²) in [6.07, 6.45) is 0. The van der Waals surface area contributed by atoms with E-state index in [1.54, 1.807) is 0 Å². The van der Waals surface area contributed by atoms with Crippen LogP contribution in [0.4, 0.5) is 4.70 Å². The summed E-state index contributed by atoms with van der Waals surface area (Å²) in [5.74, 6) is 0. The smallest absolute Gasteiger partial charge is 0 e. The fourth-order valence-electron chi connectivity index (χ4n) is 0. The zero-order valence-electron chi connectivity index (χ0n) is 1.41. The molecule has 0 heterocycles. The van der Waals surface area contributed by atoms with Gasteiger partial charge in [-0.1, -0.05) is 0 Å². The maximum Gasteiger partial charge on any atom is 0 e. The molecule has 0 aromatic carbocycles. The van der Waals surface area contributed by atoms with Crippen molar-refractivity contribution >= 4 is 51.4 Å². The van der Waals surface area contributed by atoms with Gasteiger partial charge in [-0.25, -0.2) is 0 Å². The summed E-state index contributed by atoms with van der Waals surface area (Å²) in [5.41, 5.74) is 0. The predicted molar refractivity (Wildman–Crippen MR) is 9.65 cm³/mol. The molecule has 0 amide bonds. The third-order valence-corrected chi connectivity index (χ3v) is 0. The molecule has 0 spiro atoms. The molecule has 0 rings (SSSR count). The van der Waals surface area contributed by atoms with Crippen molar-refractivity contribution in [3.63, 3.8) is 0 Å². The molecule has 0 saturated heterocycles. The van der Waals surface area contributed by atoms with Gasteiger partial charge in [-0.05, 0) is 0 Å². The van der Waals surface area contributed by atoms with Crippen LogP contribution in [-0.2, 0) is 26.2 Å². The second-order valence-corrected chi connectivity index (χ2v) is 0. The Balaban J connectivity index is 0. The summed E-state index contributed by atoms with van der Waals surface area (Å²) >= 11 is 0. The van der Waals surface area contributed by atoms with Crippen LogP contribution in [0.2, 0.25) is 0 Å². The van der Waals surface area contributed by atoms with E-state index < -0.39 is 0 Å². The molecule has 0 fully saturated rings. The Morgan fingerprint density at radius 2 is 1.00 bits per heavy atom. The summed E-state index contributed by atoms with van der Waals surface area (Å²) in [6, 6.07) is 0. The molecule has 0 radical (unpaired) electrons. The molecule has 0 N–H and O–H groups in total. The van der Waals surface area contributed by atoms with Gasteiger partial charge in [-0.3, -0.25) is 4.70 Å². The van der Waals surface area contributed by atoms with E-state index in [0.29, 0.717) is 0 Å². The fourth-order valence-corrected chi connectivity index (χ4v) is 0. The van der Waals surface area contributed by atoms with Gasteiger partial charge < -0.3 is 0 Å². The molecule has 0 aliphatic carbocycles. The number of rotatable bonds is 0. The standard InChI is InChI=1S/Ce.FH.K.Zr.H/h;1H;;;. The van der Waals surface area contributed by atoms with E-state index >= 15 is 0 Å². The maximum atomic E-state index is 0. The Hall–Kier alpha value is 3.83. The van der Waals surface area contributed by atoms with Gasteiger partial charge in [0.2, 0.25) is 0 Å². The van der Waals surface area contributed by atoms with Gasteiger partial charge in [0.1, 0.15) is 0 Å². The first-order valence-corrected chi connectivity index (χ1v) is 0. The predicted octanol–water partition coefficient (Wildman–Crippen LogP) is -0.498. The van der Waals surface area contributed by atoms with E-state index in [1.165, 1.54) is 0 Å². The van der Waals surface area contributed by atoms with Crippen molar-refractivity contribution in [2.75, 3.05) is 0 Å². The summed E-state index contributed by atoms with van der Waals surface area (Å²) in [7, 11) is 0. The summed E-state index contributed by atoms with van der Waals surface area (Å²) in [5, 5.41) is 0. The van der Waals surface area contributed by atoms with Crippen molar-refractivity contribution in [1.82, 2.24) is 0 Å². The molecule has 18 valence electrons. The first-order chi connectivity index (χ1) is 0. The van der Waals surface area contributed by atoms with E-state index in [2.05, 4.69) is 0 Å². The number of hydrogen-bond donors (Lipinski definition) is 0. The first-order valence-electron chi connectivity index (χ1n) is 0. The Bertz CT molecular complexity index is 8.00. The largest absolute Gasteiger partial charge is 0 e. The molecule has 0 atom stereocenters.